The molecule has 29 heavy (non-hydrogen) atoms. The van der Waals surface area contributed by atoms with Gasteiger partial charge >= 0.3 is 0 Å². The first kappa shape index (κ1) is 21.3. The summed E-state index contributed by atoms with van der Waals surface area (Å²) >= 11 is 0. The second-order valence-corrected chi connectivity index (χ2v) is 11.7. The Bertz CT molecular complexity index is 719. The van der Waals surface area contributed by atoms with Crippen LogP contribution >= 0.6 is 0 Å². The van der Waals surface area contributed by atoms with Crippen LogP contribution in [0.3, 0.4) is 0 Å². The van der Waals surface area contributed by atoms with E-state index in [1.807, 2.05) is 13.8 Å². The first-order valence-electron chi connectivity index (χ1n) is 11.7. The summed E-state index contributed by atoms with van der Waals surface area (Å²) in [6.07, 6.45) is 7.29. The van der Waals surface area contributed by atoms with Crippen molar-refractivity contribution in [3.8, 4) is 0 Å². The molecule has 0 aromatic heterocycles. The number of nitrogens with zero attached hydrogens (tertiary/aromatic N) is 1. The number of carbonyl (C=O) groups excluding carboxylic acids is 1. The summed E-state index contributed by atoms with van der Waals surface area (Å²) in [7, 11) is 0. The Hall–Kier alpha value is -0.940. The number of oxime groups is 1. The summed E-state index contributed by atoms with van der Waals surface area (Å²) in [6.45, 7) is 11.0. The van der Waals surface area contributed by atoms with Crippen molar-refractivity contribution in [3.05, 3.63) is 0 Å². The van der Waals surface area contributed by atoms with E-state index in [1.54, 1.807) is 0 Å². The zero-order valence-electron chi connectivity index (χ0n) is 19.0. The molecule has 0 saturated heterocycles. The summed E-state index contributed by atoms with van der Waals surface area (Å²) in [5, 5.41) is 16.5. The largest absolute Gasteiger partial charge is 0.389 e. The Morgan fingerprint density at radius 2 is 1.93 bits per heavy atom. The third-order valence-corrected chi connectivity index (χ3v) is 9.71. The van der Waals surface area contributed by atoms with Crippen molar-refractivity contribution in [1.82, 2.24) is 0 Å². The first-order chi connectivity index (χ1) is 13.5. The molecule has 5 heteroatoms. The van der Waals surface area contributed by atoms with E-state index in [9.17, 15) is 9.90 Å². The van der Waals surface area contributed by atoms with Gasteiger partial charge in [-0.3, -0.25) is 4.79 Å². The van der Waals surface area contributed by atoms with Gasteiger partial charge in [-0.25, -0.2) is 0 Å². The minimum atomic E-state index is -0.752. The molecule has 0 radical (unpaired) electrons. The molecule has 5 nitrogen and oxygen atoms in total. The molecular weight excluding hydrogens is 364 g/mol. The highest BCUT2D eigenvalue weighted by atomic mass is 16.6. The maximum absolute atomic E-state index is 12.6. The van der Waals surface area contributed by atoms with Gasteiger partial charge < -0.3 is 15.7 Å². The van der Waals surface area contributed by atoms with Gasteiger partial charge in [0.2, 0.25) is 0 Å². The zero-order valence-corrected chi connectivity index (χ0v) is 19.0. The average Bonchev–Trinajstić information content (AvgIpc) is 2.97. The van der Waals surface area contributed by atoms with Crippen LogP contribution in [0.2, 0.25) is 0 Å². The fourth-order valence-corrected chi connectivity index (χ4v) is 7.55. The molecule has 0 heterocycles. The molecule has 4 saturated carbocycles. The van der Waals surface area contributed by atoms with Crippen LogP contribution in [0.1, 0.15) is 86.0 Å². The number of rotatable bonds is 3. The van der Waals surface area contributed by atoms with Gasteiger partial charge in [-0.2, -0.15) is 0 Å². The van der Waals surface area contributed by atoms with E-state index in [0.29, 0.717) is 36.5 Å². The Labute approximate surface area is 175 Å². The lowest BCUT2D eigenvalue weighted by Gasteiger charge is -2.65. The Balaban J connectivity index is 1.60. The average molecular weight is 405 g/mol. The van der Waals surface area contributed by atoms with Crippen molar-refractivity contribution in [1.29, 1.82) is 0 Å². The Kier molecular flexibility index (Phi) is 4.98. The molecule has 0 bridgehead atoms. The van der Waals surface area contributed by atoms with Crippen LogP contribution < -0.4 is 5.73 Å². The Morgan fingerprint density at radius 1 is 1.21 bits per heavy atom. The standard InChI is InChI=1S/C24H40N2O3/c1-15-12-17-18-6-7-20(27)22(18,4)10-9-19(17)23(5)11-8-16(13-24(15,23)28)26-29-21(2,3)14-25/h15,17-19,28H,6-14,25H2,1-5H3/t15-,17-,18-,19-,22-,23+,24-/m0/s1. The topological polar surface area (TPSA) is 84.9 Å². The van der Waals surface area contributed by atoms with Crippen LogP contribution in [0, 0.1) is 34.5 Å². The monoisotopic (exact) mass is 404 g/mol. The van der Waals surface area contributed by atoms with E-state index in [-0.39, 0.29) is 16.7 Å². The van der Waals surface area contributed by atoms with Crippen LogP contribution in [0.5, 0.6) is 0 Å². The van der Waals surface area contributed by atoms with Gasteiger partial charge in [-0.1, -0.05) is 25.9 Å². The second-order valence-electron chi connectivity index (χ2n) is 11.7. The maximum atomic E-state index is 12.6. The van der Waals surface area contributed by atoms with E-state index in [4.69, 9.17) is 10.6 Å². The van der Waals surface area contributed by atoms with Crippen molar-refractivity contribution in [2.24, 2.45) is 45.4 Å². The third kappa shape index (κ3) is 3.02. The highest BCUT2D eigenvalue weighted by Crippen LogP contribution is 2.67. The molecule has 7 atom stereocenters. The van der Waals surface area contributed by atoms with E-state index >= 15 is 0 Å². The number of fused-ring (bicyclic) bond motifs is 5. The van der Waals surface area contributed by atoms with Crippen molar-refractivity contribution < 1.29 is 14.7 Å². The highest BCUT2D eigenvalue weighted by molar-refractivity contribution is 5.87. The molecule has 4 aliphatic rings. The molecule has 0 aromatic rings. The van der Waals surface area contributed by atoms with Crippen molar-refractivity contribution in [3.63, 3.8) is 0 Å². The van der Waals surface area contributed by atoms with Crippen LogP contribution in [-0.4, -0.2) is 34.3 Å². The van der Waals surface area contributed by atoms with Gasteiger partial charge in [0, 0.05) is 30.2 Å². The van der Waals surface area contributed by atoms with E-state index in [1.165, 1.54) is 0 Å². The van der Waals surface area contributed by atoms with Crippen LogP contribution in [0.4, 0.5) is 0 Å². The number of Topliss-reactive ketones (excluding diaryl/α,β-unsaturated/α-hetero) is 1. The molecule has 4 fully saturated rings. The number of nitrogens with two attached hydrogens (primary N) is 1. The summed E-state index contributed by atoms with van der Waals surface area (Å²) in [5.41, 5.74) is 5.26. The van der Waals surface area contributed by atoms with E-state index in [2.05, 4.69) is 25.9 Å². The molecule has 3 N–H and O–H groups in total. The molecule has 0 unspecified atom stereocenters. The number of hydrogen-bond acceptors (Lipinski definition) is 5. The van der Waals surface area contributed by atoms with Gasteiger partial charge in [-0.15, -0.1) is 0 Å². The van der Waals surface area contributed by atoms with Gasteiger partial charge in [0.05, 0.1) is 11.3 Å². The van der Waals surface area contributed by atoms with Gasteiger partial charge in [0.15, 0.2) is 0 Å². The van der Waals surface area contributed by atoms with Crippen LogP contribution in [0.15, 0.2) is 5.16 Å². The summed E-state index contributed by atoms with van der Waals surface area (Å²) < 4.78 is 0. The normalized spacial score (nSPS) is 48.8. The van der Waals surface area contributed by atoms with Gasteiger partial charge in [-0.05, 0) is 76.0 Å². The molecule has 0 aromatic carbocycles. The summed E-state index contributed by atoms with van der Waals surface area (Å²) in [5.74, 6) is 2.24. The fraction of sp³-hybridized carbons (Fsp3) is 0.917. The quantitative estimate of drug-likeness (QED) is 0.695. The number of ketones is 1. The summed E-state index contributed by atoms with van der Waals surface area (Å²) in [4.78, 5) is 18.4. The molecular formula is C24H40N2O3. The lowest BCUT2D eigenvalue weighted by atomic mass is 9.41. The second kappa shape index (κ2) is 6.78. The van der Waals surface area contributed by atoms with Gasteiger partial charge in [0.1, 0.15) is 11.4 Å². The molecule has 0 aliphatic heterocycles. The minimum absolute atomic E-state index is 0.115. The van der Waals surface area contributed by atoms with E-state index < -0.39 is 11.2 Å². The lowest BCUT2D eigenvalue weighted by Crippen LogP contribution is -2.65. The van der Waals surface area contributed by atoms with Crippen molar-refractivity contribution >= 4 is 11.5 Å². The predicted octanol–water partition coefficient (Wildman–Crippen LogP) is 4.07. The maximum Gasteiger partial charge on any atom is 0.144 e. The molecule has 164 valence electrons. The van der Waals surface area contributed by atoms with Gasteiger partial charge in [0.25, 0.3) is 0 Å². The lowest BCUT2D eigenvalue weighted by molar-refractivity contribution is -0.215. The molecule has 4 rings (SSSR count). The minimum Gasteiger partial charge on any atom is -0.389 e. The molecule has 0 spiro atoms. The third-order valence-electron chi connectivity index (χ3n) is 9.71. The smallest absolute Gasteiger partial charge is 0.144 e. The van der Waals surface area contributed by atoms with Crippen molar-refractivity contribution in [2.75, 3.05) is 6.54 Å². The van der Waals surface area contributed by atoms with Crippen molar-refractivity contribution in [2.45, 2.75) is 97.2 Å². The SMILES string of the molecule is C[C@H]1C[C@H]2[C@@H]3CCC(=O)[C@@]3(C)CC[C@@H]2[C@@]2(C)CCC(=NOC(C)(C)CN)C[C@]12O. The molecule has 4 aliphatic carbocycles. The highest BCUT2D eigenvalue weighted by Gasteiger charge is 2.66. The zero-order chi connectivity index (χ0) is 21.2. The number of aliphatic hydroxyl groups is 1. The van der Waals surface area contributed by atoms with Crippen LogP contribution in [-0.2, 0) is 9.63 Å². The molecule has 0 amide bonds. The number of hydrogen-bond donors (Lipinski definition) is 2. The first-order valence-corrected chi connectivity index (χ1v) is 11.7. The fourth-order valence-electron chi connectivity index (χ4n) is 7.55. The Morgan fingerprint density at radius 3 is 2.62 bits per heavy atom. The predicted molar refractivity (Wildman–Crippen MR) is 114 cm³/mol. The number of carbonyl (C=O) groups is 1. The summed E-state index contributed by atoms with van der Waals surface area (Å²) in [6, 6.07) is 0. The van der Waals surface area contributed by atoms with E-state index in [0.717, 1.165) is 50.7 Å². The van der Waals surface area contributed by atoms with Crippen LogP contribution in [0.25, 0.3) is 0 Å².